The molecule has 0 radical (unpaired) electrons. The van der Waals surface area contributed by atoms with Crippen molar-refractivity contribution in [3.8, 4) is 5.75 Å². The van der Waals surface area contributed by atoms with Gasteiger partial charge in [-0.1, -0.05) is 18.2 Å². The lowest BCUT2D eigenvalue weighted by Crippen LogP contribution is -2.52. The van der Waals surface area contributed by atoms with Gasteiger partial charge in [-0.2, -0.15) is 0 Å². The van der Waals surface area contributed by atoms with Crippen LogP contribution in [0, 0.1) is 11.6 Å². The average molecular weight is 574 g/mol. The summed E-state index contributed by atoms with van der Waals surface area (Å²) in [5, 5.41) is 2.73. The van der Waals surface area contributed by atoms with E-state index in [1.807, 2.05) is 0 Å². The summed E-state index contributed by atoms with van der Waals surface area (Å²) >= 11 is 0. The van der Waals surface area contributed by atoms with E-state index in [0.29, 0.717) is 12.4 Å². The van der Waals surface area contributed by atoms with Crippen LogP contribution in [0.1, 0.15) is 33.3 Å². The van der Waals surface area contributed by atoms with Crippen LogP contribution in [0.3, 0.4) is 0 Å². The van der Waals surface area contributed by atoms with E-state index in [4.69, 9.17) is 4.74 Å². The molecule has 0 heterocycles. The third-order valence-electron chi connectivity index (χ3n) is 6.01. The predicted octanol–water partition coefficient (Wildman–Crippen LogP) is 4.50. The molecule has 3 aromatic carbocycles. The molecule has 0 aliphatic rings. The zero-order valence-corrected chi connectivity index (χ0v) is 23.6. The molecular formula is C29H33F2N3O5S. The normalized spacial score (nSPS) is 12.1. The number of hydrogen-bond donors (Lipinski definition) is 1. The highest BCUT2D eigenvalue weighted by Gasteiger charge is 2.33. The third-order valence-corrected chi connectivity index (χ3v) is 7.80. The van der Waals surface area contributed by atoms with E-state index in [0.717, 1.165) is 21.3 Å². The smallest absolute Gasteiger partial charge is 0.264 e. The zero-order valence-electron chi connectivity index (χ0n) is 22.8. The minimum absolute atomic E-state index is 0.0359. The van der Waals surface area contributed by atoms with Gasteiger partial charge in [0.25, 0.3) is 10.0 Å². The fourth-order valence-electron chi connectivity index (χ4n) is 3.94. The number of nitrogens with one attached hydrogen (secondary N) is 1. The van der Waals surface area contributed by atoms with Gasteiger partial charge < -0.3 is 15.0 Å². The fourth-order valence-corrected chi connectivity index (χ4v) is 5.35. The van der Waals surface area contributed by atoms with E-state index in [-0.39, 0.29) is 28.7 Å². The van der Waals surface area contributed by atoms with Gasteiger partial charge in [0.15, 0.2) is 0 Å². The third kappa shape index (κ3) is 7.56. The van der Waals surface area contributed by atoms with Crippen LogP contribution in [-0.4, -0.2) is 50.4 Å². The molecule has 0 aliphatic heterocycles. The van der Waals surface area contributed by atoms with Gasteiger partial charge in [0.05, 0.1) is 17.2 Å². The van der Waals surface area contributed by atoms with Crippen LogP contribution >= 0.6 is 0 Å². The number of carbonyl (C=O) groups excluding carboxylic acids is 2. The number of sulfonamides is 1. The molecule has 0 fully saturated rings. The molecule has 0 aliphatic carbocycles. The summed E-state index contributed by atoms with van der Waals surface area (Å²) in [6.07, 6.45) is 0. The van der Waals surface area contributed by atoms with Crippen molar-refractivity contribution in [3.63, 3.8) is 0 Å². The monoisotopic (exact) mass is 573 g/mol. The van der Waals surface area contributed by atoms with Crippen molar-refractivity contribution in [3.05, 3.63) is 90.0 Å². The Morgan fingerprint density at radius 1 is 0.925 bits per heavy atom. The highest BCUT2D eigenvalue weighted by molar-refractivity contribution is 7.92. The molecule has 1 N–H and O–H groups in total. The van der Waals surface area contributed by atoms with Gasteiger partial charge in [-0.05, 0) is 82.3 Å². The summed E-state index contributed by atoms with van der Waals surface area (Å²) in [4.78, 5) is 27.7. The van der Waals surface area contributed by atoms with Crippen molar-refractivity contribution in [2.75, 3.05) is 17.5 Å². The quantitative estimate of drug-likeness (QED) is 0.344. The second-order valence-corrected chi connectivity index (χ2v) is 11.2. The molecule has 0 saturated heterocycles. The summed E-state index contributed by atoms with van der Waals surface area (Å²) < 4.78 is 62.1. The van der Waals surface area contributed by atoms with Gasteiger partial charge in [-0.15, -0.1) is 0 Å². The topological polar surface area (TPSA) is 96.0 Å². The number of halogens is 2. The molecule has 3 aromatic rings. The van der Waals surface area contributed by atoms with Gasteiger partial charge >= 0.3 is 0 Å². The minimum atomic E-state index is -4.34. The lowest BCUT2D eigenvalue weighted by molar-refractivity contribution is -0.139. The first-order valence-corrected chi connectivity index (χ1v) is 14.2. The molecule has 0 saturated carbocycles. The number of benzene rings is 3. The van der Waals surface area contributed by atoms with Gasteiger partial charge in [0.1, 0.15) is 30.0 Å². The molecule has 2 amide bonds. The van der Waals surface area contributed by atoms with Crippen molar-refractivity contribution >= 4 is 27.5 Å². The Morgan fingerprint density at radius 2 is 1.55 bits per heavy atom. The van der Waals surface area contributed by atoms with E-state index in [2.05, 4.69) is 5.32 Å². The van der Waals surface area contributed by atoms with E-state index >= 15 is 0 Å². The predicted molar refractivity (Wildman–Crippen MR) is 148 cm³/mol. The maximum Gasteiger partial charge on any atom is 0.264 e. The highest BCUT2D eigenvalue weighted by Crippen LogP contribution is 2.26. The Bertz CT molecular complexity index is 1410. The van der Waals surface area contributed by atoms with Gasteiger partial charge in [0.2, 0.25) is 11.8 Å². The number of hydrogen-bond acceptors (Lipinski definition) is 5. The van der Waals surface area contributed by atoms with Crippen LogP contribution in [0.15, 0.2) is 77.7 Å². The number of carbonyl (C=O) groups is 2. The number of ether oxygens (including phenoxy) is 1. The molecular weight excluding hydrogens is 540 g/mol. The van der Waals surface area contributed by atoms with Crippen molar-refractivity contribution in [1.29, 1.82) is 0 Å². The summed E-state index contributed by atoms with van der Waals surface area (Å²) in [6, 6.07) is 14.8. The molecule has 40 heavy (non-hydrogen) atoms. The Balaban J connectivity index is 2.03. The summed E-state index contributed by atoms with van der Waals surface area (Å²) in [7, 11) is -4.34. The van der Waals surface area contributed by atoms with Crippen molar-refractivity contribution in [2.24, 2.45) is 0 Å². The first-order valence-electron chi connectivity index (χ1n) is 12.8. The van der Waals surface area contributed by atoms with Gasteiger partial charge in [-0.3, -0.25) is 13.9 Å². The number of rotatable bonds is 12. The lowest BCUT2D eigenvalue weighted by atomic mass is 10.1. The largest absolute Gasteiger partial charge is 0.494 e. The van der Waals surface area contributed by atoms with Crippen LogP contribution in [0.5, 0.6) is 5.75 Å². The summed E-state index contributed by atoms with van der Waals surface area (Å²) in [5.41, 5.74) is 0.191. The van der Waals surface area contributed by atoms with Crippen LogP contribution in [0.25, 0.3) is 0 Å². The second kappa shape index (κ2) is 13.4. The van der Waals surface area contributed by atoms with Crippen molar-refractivity contribution in [2.45, 2.75) is 51.2 Å². The van der Waals surface area contributed by atoms with Crippen LogP contribution in [-0.2, 0) is 26.2 Å². The number of nitrogens with zero attached hydrogens (tertiary/aromatic N) is 2. The van der Waals surface area contributed by atoms with Crippen LogP contribution < -0.4 is 14.4 Å². The Kier molecular flexibility index (Phi) is 10.2. The van der Waals surface area contributed by atoms with E-state index in [1.165, 1.54) is 61.5 Å². The molecule has 1 atom stereocenters. The molecule has 11 heteroatoms. The molecule has 0 bridgehead atoms. The molecule has 8 nitrogen and oxygen atoms in total. The first-order chi connectivity index (χ1) is 18.9. The van der Waals surface area contributed by atoms with E-state index < -0.39 is 46.1 Å². The van der Waals surface area contributed by atoms with E-state index in [9.17, 15) is 26.8 Å². The van der Waals surface area contributed by atoms with E-state index in [1.54, 1.807) is 26.8 Å². The molecule has 0 aromatic heterocycles. The Hall–Kier alpha value is -3.99. The zero-order chi connectivity index (χ0) is 29.4. The number of anilines is 1. The molecule has 214 valence electrons. The highest BCUT2D eigenvalue weighted by atomic mass is 32.2. The van der Waals surface area contributed by atoms with Gasteiger partial charge in [-0.25, -0.2) is 17.2 Å². The Morgan fingerprint density at radius 3 is 2.12 bits per heavy atom. The second-order valence-electron chi connectivity index (χ2n) is 9.34. The van der Waals surface area contributed by atoms with Crippen LogP contribution in [0.4, 0.5) is 14.5 Å². The average Bonchev–Trinajstić information content (AvgIpc) is 2.91. The van der Waals surface area contributed by atoms with Gasteiger partial charge in [0, 0.05) is 18.2 Å². The Labute approximate surface area is 233 Å². The number of amides is 2. The SMILES string of the molecule is CCOc1ccc(S(=O)(=O)N(CC(=O)N(Cc2ccccc2F)[C@@H](C)C(=O)NC(C)C)c2ccc(F)cc2)cc1. The fraction of sp³-hybridized carbons (Fsp3) is 0.310. The van der Waals surface area contributed by atoms with Crippen molar-refractivity contribution < 1.29 is 31.5 Å². The lowest BCUT2D eigenvalue weighted by Gasteiger charge is -2.32. The summed E-state index contributed by atoms with van der Waals surface area (Å²) in [5.74, 6) is -1.94. The maximum atomic E-state index is 14.6. The molecule has 0 unspecified atom stereocenters. The van der Waals surface area contributed by atoms with Crippen LogP contribution in [0.2, 0.25) is 0 Å². The minimum Gasteiger partial charge on any atom is -0.494 e. The summed E-state index contributed by atoms with van der Waals surface area (Å²) in [6.45, 7) is 6.18. The maximum absolute atomic E-state index is 14.6. The molecule has 3 rings (SSSR count). The van der Waals surface area contributed by atoms with Crippen molar-refractivity contribution in [1.82, 2.24) is 10.2 Å². The standard InChI is InChI=1S/C29H33F2N3O5S/c1-5-39-25-14-16-26(17-15-25)40(37,38)34(24-12-10-23(30)11-13-24)19-28(35)33(21(4)29(36)32-20(2)3)18-22-8-6-7-9-27(22)31/h6-17,20-21H,5,18-19H2,1-4H3,(H,32,36)/t21-/m0/s1. The first kappa shape index (κ1) is 30.6. The molecule has 0 spiro atoms.